The smallest absolute Gasteiger partial charge is 0.132 e. The van der Waals surface area contributed by atoms with Gasteiger partial charge in [-0.05, 0) is 27.9 Å². The average molecular weight is 292 g/mol. The van der Waals surface area contributed by atoms with Crippen LogP contribution in [0.5, 0.6) is 0 Å². The Bertz CT molecular complexity index is 473. The number of benzene rings is 1. The van der Waals surface area contributed by atoms with Crippen LogP contribution in [0.25, 0.3) is 0 Å². The lowest BCUT2D eigenvalue weighted by Crippen LogP contribution is -2.21. The Morgan fingerprint density at radius 2 is 1.94 bits per heavy atom. The van der Waals surface area contributed by atoms with E-state index >= 15 is 0 Å². The number of nitrogens with zero attached hydrogens (tertiary/aromatic N) is 3. The first-order chi connectivity index (χ1) is 8.25. The third-order valence-electron chi connectivity index (χ3n) is 2.59. The number of hydrogen-bond acceptors (Lipinski definition) is 3. The molecule has 0 atom stereocenters. The second kappa shape index (κ2) is 5.77. The Kier molecular flexibility index (Phi) is 4.09. The molecule has 3 nitrogen and oxygen atoms in total. The first-order valence-electron chi connectivity index (χ1n) is 5.48. The molecule has 0 aliphatic rings. The molecule has 0 bridgehead atoms. The van der Waals surface area contributed by atoms with E-state index in [4.69, 9.17) is 0 Å². The first-order valence-corrected chi connectivity index (χ1v) is 6.27. The molecular formula is C13H14BrN3. The lowest BCUT2D eigenvalue weighted by molar-refractivity contribution is 0.854. The molecule has 0 aliphatic heterocycles. The van der Waals surface area contributed by atoms with Gasteiger partial charge in [-0.3, -0.25) is 0 Å². The van der Waals surface area contributed by atoms with Gasteiger partial charge in [0.1, 0.15) is 16.7 Å². The maximum atomic E-state index is 4.24. The SMILES string of the molecule is CN(CCc1ccccc1)c1cc(Br)ncn1. The third-order valence-corrected chi connectivity index (χ3v) is 3.02. The van der Waals surface area contributed by atoms with Gasteiger partial charge < -0.3 is 4.90 Å². The maximum Gasteiger partial charge on any atom is 0.132 e. The molecule has 17 heavy (non-hydrogen) atoms. The van der Waals surface area contributed by atoms with Crippen molar-refractivity contribution in [2.24, 2.45) is 0 Å². The molecule has 0 saturated carbocycles. The van der Waals surface area contributed by atoms with Crippen LogP contribution in [-0.4, -0.2) is 23.6 Å². The predicted octanol–water partition coefficient (Wildman–Crippen LogP) is 2.92. The fraction of sp³-hybridized carbons (Fsp3) is 0.231. The predicted molar refractivity (Wildman–Crippen MR) is 73.1 cm³/mol. The summed E-state index contributed by atoms with van der Waals surface area (Å²) < 4.78 is 0.814. The molecule has 88 valence electrons. The van der Waals surface area contributed by atoms with Gasteiger partial charge >= 0.3 is 0 Å². The van der Waals surface area contributed by atoms with Crippen molar-refractivity contribution in [1.29, 1.82) is 0 Å². The van der Waals surface area contributed by atoms with E-state index in [2.05, 4.69) is 55.1 Å². The van der Waals surface area contributed by atoms with Gasteiger partial charge in [-0.25, -0.2) is 9.97 Å². The van der Waals surface area contributed by atoms with Crippen molar-refractivity contribution in [3.05, 3.63) is 52.9 Å². The van der Waals surface area contributed by atoms with E-state index in [-0.39, 0.29) is 0 Å². The van der Waals surface area contributed by atoms with E-state index in [1.807, 2.05) is 19.2 Å². The summed E-state index contributed by atoms with van der Waals surface area (Å²) in [5.74, 6) is 0.933. The molecule has 1 heterocycles. The highest BCUT2D eigenvalue weighted by atomic mass is 79.9. The summed E-state index contributed by atoms with van der Waals surface area (Å²) >= 11 is 3.35. The molecule has 0 N–H and O–H groups in total. The zero-order valence-corrected chi connectivity index (χ0v) is 11.3. The Morgan fingerprint density at radius 3 is 2.65 bits per heavy atom. The number of hydrogen-bond donors (Lipinski definition) is 0. The number of likely N-dealkylation sites (N-methyl/N-ethyl adjacent to an activating group) is 1. The van der Waals surface area contributed by atoms with E-state index in [9.17, 15) is 0 Å². The van der Waals surface area contributed by atoms with Gasteiger partial charge in [0.05, 0.1) is 0 Å². The van der Waals surface area contributed by atoms with Gasteiger partial charge in [0.2, 0.25) is 0 Å². The minimum Gasteiger partial charge on any atom is -0.359 e. The summed E-state index contributed by atoms with van der Waals surface area (Å²) in [6.07, 6.45) is 2.58. The van der Waals surface area contributed by atoms with Gasteiger partial charge in [0.15, 0.2) is 0 Å². The molecule has 0 fully saturated rings. The molecule has 2 rings (SSSR count). The van der Waals surface area contributed by atoms with Crippen LogP contribution in [0.1, 0.15) is 5.56 Å². The zero-order chi connectivity index (χ0) is 12.1. The lowest BCUT2D eigenvalue weighted by atomic mass is 10.1. The standard InChI is InChI=1S/C13H14BrN3/c1-17(13-9-12(14)15-10-16-13)8-7-11-5-3-2-4-6-11/h2-6,9-10H,7-8H2,1H3. The zero-order valence-electron chi connectivity index (χ0n) is 9.68. The summed E-state index contributed by atoms with van der Waals surface area (Å²) in [5.41, 5.74) is 1.34. The Hall–Kier alpha value is -1.42. The molecule has 0 saturated heterocycles. The van der Waals surface area contributed by atoms with Crippen molar-refractivity contribution in [3.63, 3.8) is 0 Å². The van der Waals surface area contributed by atoms with Crippen LogP contribution in [0.15, 0.2) is 47.3 Å². The Labute approximate surface area is 110 Å². The van der Waals surface area contributed by atoms with Crippen LogP contribution < -0.4 is 4.90 Å². The molecular weight excluding hydrogens is 278 g/mol. The van der Waals surface area contributed by atoms with Gasteiger partial charge in [0, 0.05) is 19.7 Å². The second-order valence-corrected chi connectivity index (χ2v) is 4.67. The fourth-order valence-electron chi connectivity index (χ4n) is 1.59. The molecule has 0 radical (unpaired) electrons. The van der Waals surface area contributed by atoms with E-state index in [1.165, 1.54) is 5.56 Å². The highest BCUT2D eigenvalue weighted by molar-refractivity contribution is 9.10. The molecule has 2 aromatic rings. The topological polar surface area (TPSA) is 29.0 Å². The van der Waals surface area contributed by atoms with Crippen molar-refractivity contribution in [3.8, 4) is 0 Å². The highest BCUT2D eigenvalue weighted by Gasteiger charge is 2.03. The average Bonchev–Trinajstić information content (AvgIpc) is 2.37. The quantitative estimate of drug-likeness (QED) is 0.811. The van der Waals surface area contributed by atoms with Gasteiger partial charge in [0.25, 0.3) is 0 Å². The van der Waals surface area contributed by atoms with E-state index in [0.29, 0.717) is 0 Å². The van der Waals surface area contributed by atoms with Crippen LogP contribution in [0.4, 0.5) is 5.82 Å². The molecule has 0 aliphatic carbocycles. The Balaban J connectivity index is 1.96. The number of rotatable bonds is 4. The van der Waals surface area contributed by atoms with Gasteiger partial charge in [-0.1, -0.05) is 30.3 Å². The maximum absolute atomic E-state index is 4.24. The minimum absolute atomic E-state index is 0.814. The number of aromatic nitrogens is 2. The Morgan fingerprint density at radius 1 is 1.18 bits per heavy atom. The molecule has 4 heteroatoms. The normalized spacial score (nSPS) is 10.2. The number of halogens is 1. The summed E-state index contributed by atoms with van der Waals surface area (Å²) in [5, 5.41) is 0. The molecule has 1 aromatic heterocycles. The number of anilines is 1. The van der Waals surface area contributed by atoms with Crippen LogP contribution in [-0.2, 0) is 6.42 Å². The van der Waals surface area contributed by atoms with Crippen LogP contribution in [0.3, 0.4) is 0 Å². The summed E-state index contributed by atoms with van der Waals surface area (Å²) in [6.45, 7) is 0.938. The molecule has 0 unspecified atom stereocenters. The lowest BCUT2D eigenvalue weighted by Gasteiger charge is -2.17. The molecule has 0 amide bonds. The molecule has 0 spiro atoms. The fourth-order valence-corrected chi connectivity index (χ4v) is 1.89. The summed E-state index contributed by atoms with van der Waals surface area (Å²) in [4.78, 5) is 10.4. The minimum atomic E-state index is 0.814. The monoisotopic (exact) mass is 291 g/mol. The summed E-state index contributed by atoms with van der Waals surface area (Å²) in [7, 11) is 2.04. The van der Waals surface area contributed by atoms with Crippen LogP contribution in [0.2, 0.25) is 0 Å². The van der Waals surface area contributed by atoms with E-state index in [1.54, 1.807) is 6.33 Å². The van der Waals surface area contributed by atoms with E-state index < -0.39 is 0 Å². The van der Waals surface area contributed by atoms with Crippen molar-refractivity contribution in [1.82, 2.24) is 9.97 Å². The van der Waals surface area contributed by atoms with E-state index in [0.717, 1.165) is 23.4 Å². The first kappa shape index (κ1) is 12.0. The van der Waals surface area contributed by atoms with Gasteiger partial charge in [-0.15, -0.1) is 0 Å². The third kappa shape index (κ3) is 3.53. The van der Waals surface area contributed by atoms with Gasteiger partial charge in [-0.2, -0.15) is 0 Å². The summed E-state index contributed by atoms with van der Waals surface area (Å²) in [6, 6.07) is 12.4. The van der Waals surface area contributed by atoms with Crippen LogP contribution >= 0.6 is 15.9 Å². The van der Waals surface area contributed by atoms with Crippen molar-refractivity contribution in [2.75, 3.05) is 18.5 Å². The largest absolute Gasteiger partial charge is 0.359 e. The highest BCUT2D eigenvalue weighted by Crippen LogP contribution is 2.13. The molecule has 1 aromatic carbocycles. The second-order valence-electron chi connectivity index (χ2n) is 3.86. The van der Waals surface area contributed by atoms with Crippen molar-refractivity contribution >= 4 is 21.7 Å². The van der Waals surface area contributed by atoms with Crippen molar-refractivity contribution < 1.29 is 0 Å². The van der Waals surface area contributed by atoms with Crippen molar-refractivity contribution in [2.45, 2.75) is 6.42 Å². The van der Waals surface area contributed by atoms with Crippen LogP contribution in [0, 0.1) is 0 Å².